The Morgan fingerprint density at radius 3 is 2.89 bits per heavy atom. The number of terminal acetylenes is 1. The van der Waals surface area contributed by atoms with Gasteiger partial charge in [0.2, 0.25) is 5.91 Å². The zero-order valence-corrected chi connectivity index (χ0v) is 10.0. The second-order valence-electron chi connectivity index (χ2n) is 4.07. The zero-order valence-electron chi connectivity index (χ0n) is 10.0. The van der Waals surface area contributed by atoms with Crippen molar-refractivity contribution in [3.63, 3.8) is 0 Å². The van der Waals surface area contributed by atoms with E-state index in [0.717, 1.165) is 0 Å². The minimum atomic E-state index is -0.0508. The average molecular weight is 240 g/mol. The minimum Gasteiger partial charge on any atom is -0.495 e. The first-order chi connectivity index (χ1) is 8.69. The van der Waals surface area contributed by atoms with E-state index >= 15 is 0 Å². The Kier molecular flexibility index (Phi) is 3.21. The summed E-state index contributed by atoms with van der Waals surface area (Å²) in [6.45, 7) is 0.506. The number of carbonyl (C=O) groups excluding carboxylic acids is 1. The summed E-state index contributed by atoms with van der Waals surface area (Å²) in [4.78, 5) is 13.4. The molecule has 1 aromatic carbocycles. The number of benzene rings is 1. The van der Waals surface area contributed by atoms with E-state index in [-0.39, 0.29) is 11.8 Å². The van der Waals surface area contributed by atoms with Crippen molar-refractivity contribution in [3.8, 4) is 24.2 Å². The van der Waals surface area contributed by atoms with Crippen molar-refractivity contribution in [2.75, 3.05) is 18.6 Å². The van der Waals surface area contributed by atoms with Crippen molar-refractivity contribution in [1.29, 1.82) is 5.26 Å². The molecule has 1 fully saturated rings. The van der Waals surface area contributed by atoms with Crippen LogP contribution in [0.15, 0.2) is 18.2 Å². The molecule has 90 valence electrons. The van der Waals surface area contributed by atoms with E-state index in [1.54, 1.807) is 23.1 Å². The number of rotatable bonds is 2. The summed E-state index contributed by atoms with van der Waals surface area (Å²) in [7, 11) is 1.51. The number of nitrogens with zero attached hydrogens (tertiary/aromatic N) is 2. The number of ether oxygens (including phenoxy) is 1. The van der Waals surface area contributed by atoms with E-state index in [0.29, 0.717) is 30.0 Å². The number of nitriles is 1. The molecule has 0 aromatic heterocycles. The molecule has 0 radical (unpaired) electrons. The first-order valence-electron chi connectivity index (χ1n) is 5.54. The molecule has 1 heterocycles. The fourth-order valence-corrected chi connectivity index (χ4v) is 2.02. The van der Waals surface area contributed by atoms with Crippen molar-refractivity contribution in [2.24, 2.45) is 5.92 Å². The van der Waals surface area contributed by atoms with Gasteiger partial charge < -0.3 is 9.64 Å². The molecule has 2 rings (SSSR count). The van der Waals surface area contributed by atoms with Gasteiger partial charge >= 0.3 is 0 Å². The van der Waals surface area contributed by atoms with Gasteiger partial charge in [0.15, 0.2) is 0 Å². The summed E-state index contributed by atoms with van der Waals surface area (Å²) < 4.78 is 5.06. The Morgan fingerprint density at radius 1 is 1.56 bits per heavy atom. The number of hydrogen-bond acceptors (Lipinski definition) is 3. The molecule has 1 amide bonds. The van der Waals surface area contributed by atoms with Gasteiger partial charge in [0.05, 0.1) is 12.7 Å². The second kappa shape index (κ2) is 4.81. The monoisotopic (exact) mass is 240 g/mol. The highest BCUT2D eigenvalue weighted by Crippen LogP contribution is 2.28. The first-order valence-corrected chi connectivity index (χ1v) is 5.54. The summed E-state index contributed by atoms with van der Waals surface area (Å²) in [5.74, 6) is 3.04. The summed E-state index contributed by atoms with van der Waals surface area (Å²) >= 11 is 0. The van der Waals surface area contributed by atoms with Crippen molar-refractivity contribution in [2.45, 2.75) is 6.42 Å². The molecular weight excluding hydrogens is 228 g/mol. The number of carbonyl (C=O) groups is 1. The van der Waals surface area contributed by atoms with E-state index in [1.165, 1.54) is 7.11 Å². The quantitative estimate of drug-likeness (QED) is 0.737. The van der Waals surface area contributed by atoms with Crippen LogP contribution in [0, 0.1) is 29.6 Å². The van der Waals surface area contributed by atoms with Gasteiger partial charge in [0.25, 0.3) is 0 Å². The van der Waals surface area contributed by atoms with Gasteiger partial charge in [-0.2, -0.15) is 5.26 Å². The van der Waals surface area contributed by atoms with Gasteiger partial charge in [-0.3, -0.25) is 4.79 Å². The predicted molar refractivity (Wildman–Crippen MR) is 67.0 cm³/mol. The lowest BCUT2D eigenvalue weighted by Crippen LogP contribution is -2.24. The molecule has 0 N–H and O–H groups in total. The number of amides is 1. The van der Waals surface area contributed by atoms with Crippen LogP contribution in [0.4, 0.5) is 5.69 Å². The average Bonchev–Trinajstić information content (AvgIpc) is 2.79. The predicted octanol–water partition coefficient (Wildman–Crippen LogP) is 1.55. The molecule has 0 bridgehead atoms. The highest BCUT2D eigenvalue weighted by Gasteiger charge is 2.29. The van der Waals surface area contributed by atoms with Crippen LogP contribution in [0.3, 0.4) is 0 Å². The lowest BCUT2D eigenvalue weighted by Gasteiger charge is -2.16. The summed E-state index contributed by atoms with van der Waals surface area (Å²) in [5, 5.41) is 9.02. The van der Waals surface area contributed by atoms with Crippen LogP contribution >= 0.6 is 0 Å². The number of hydrogen-bond donors (Lipinski definition) is 0. The van der Waals surface area contributed by atoms with E-state index in [9.17, 15) is 4.79 Å². The smallest absolute Gasteiger partial charge is 0.228 e. The fourth-order valence-electron chi connectivity index (χ4n) is 2.02. The molecule has 1 aliphatic heterocycles. The van der Waals surface area contributed by atoms with E-state index in [4.69, 9.17) is 16.4 Å². The maximum absolute atomic E-state index is 11.8. The Morgan fingerprint density at radius 2 is 2.33 bits per heavy atom. The van der Waals surface area contributed by atoms with Crippen LogP contribution in [-0.2, 0) is 4.79 Å². The molecule has 1 aliphatic rings. The summed E-state index contributed by atoms with van der Waals surface area (Å²) in [5.41, 5.74) is 1.10. The van der Waals surface area contributed by atoms with Gasteiger partial charge in [0.1, 0.15) is 11.8 Å². The van der Waals surface area contributed by atoms with Gasteiger partial charge in [-0.15, -0.1) is 12.3 Å². The van der Waals surface area contributed by atoms with Crippen molar-refractivity contribution >= 4 is 11.6 Å². The minimum absolute atomic E-state index is 0.00740. The largest absolute Gasteiger partial charge is 0.495 e. The first kappa shape index (κ1) is 12.0. The highest BCUT2D eigenvalue weighted by molar-refractivity contribution is 5.96. The molecule has 1 saturated heterocycles. The van der Waals surface area contributed by atoms with Gasteiger partial charge in [0, 0.05) is 24.6 Å². The molecule has 4 nitrogen and oxygen atoms in total. The van der Waals surface area contributed by atoms with Crippen molar-refractivity contribution < 1.29 is 9.53 Å². The van der Waals surface area contributed by atoms with Gasteiger partial charge in [-0.05, 0) is 18.2 Å². The van der Waals surface area contributed by atoms with Gasteiger partial charge in [-0.1, -0.05) is 0 Å². The Bertz CT molecular complexity index is 566. The van der Waals surface area contributed by atoms with Crippen molar-refractivity contribution in [3.05, 3.63) is 23.8 Å². The molecule has 18 heavy (non-hydrogen) atoms. The van der Waals surface area contributed by atoms with Crippen LogP contribution in [0.1, 0.15) is 12.0 Å². The lowest BCUT2D eigenvalue weighted by atomic mass is 10.1. The SMILES string of the molecule is C#CC1CC(=O)N(c2ccc(OC)c(C#N)c2)C1. The Labute approximate surface area is 106 Å². The highest BCUT2D eigenvalue weighted by atomic mass is 16.5. The molecule has 0 saturated carbocycles. The van der Waals surface area contributed by atoms with Crippen LogP contribution in [0.25, 0.3) is 0 Å². The van der Waals surface area contributed by atoms with E-state index < -0.39 is 0 Å². The van der Waals surface area contributed by atoms with Crippen LogP contribution < -0.4 is 9.64 Å². The third-order valence-corrected chi connectivity index (χ3v) is 2.98. The molecule has 1 atom stereocenters. The standard InChI is InChI=1S/C14H12N2O2/c1-3-10-6-14(17)16(9-10)12-4-5-13(18-2)11(7-12)8-15/h1,4-5,7,10H,6,9H2,2H3. The molecule has 4 heteroatoms. The Hall–Kier alpha value is -2.46. The third kappa shape index (κ3) is 2.01. The lowest BCUT2D eigenvalue weighted by molar-refractivity contribution is -0.117. The summed E-state index contributed by atoms with van der Waals surface area (Å²) in [6.07, 6.45) is 5.70. The van der Waals surface area contributed by atoms with E-state index in [2.05, 4.69) is 5.92 Å². The molecule has 0 aliphatic carbocycles. The molecule has 1 unspecified atom stereocenters. The molecular formula is C14H12N2O2. The Balaban J connectivity index is 2.33. The maximum Gasteiger partial charge on any atom is 0.228 e. The second-order valence-corrected chi connectivity index (χ2v) is 4.07. The fraction of sp³-hybridized carbons (Fsp3) is 0.286. The van der Waals surface area contributed by atoms with Crippen LogP contribution in [-0.4, -0.2) is 19.6 Å². The number of methoxy groups -OCH3 is 1. The maximum atomic E-state index is 11.8. The zero-order chi connectivity index (χ0) is 13.1. The van der Waals surface area contributed by atoms with E-state index in [1.807, 2.05) is 6.07 Å². The molecule has 1 aromatic rings. The number of anilines is 1. The summed E-state index contributed by atoms with van der Waals surface area (Å²) in [6, 6.07) is 7.14. The third-order valence-electron chi connectivity index (χ3n) is 2.98. The topological polar surface area (TPSA) is 53.3 Å². The normalized spacial score (nSPS) is 18.3. The van der Waals surface area contributed by atoms with Crippen LogP contribution in [0.5, 0.6) is 5.75 Å². The molecule has 0 spiro atoms. The van der Waals surface area contributed by atoms with Crippen molar-refractivity contribution in [1.82, 2.24) is 0 Å². The van der Waals surface area contributed by atoms with Crippen LogP contribution in [0.2, 0.25) is 0 Å². The van der Waals surface area contributed by atoms with Gasteiger partial charge in [-0.25, -0.2) is 0 Å².